The molecule has 1 heterocycles. The first kappa shape index (κ1) is 43.5. The minimum atomic E-state index is -1.32. The van der Waals surface area contributed by atoms with Gasteiger partial charge in [0.15, 0.2) is 5.96 Å². The molecule has 0 spiro atoms. The Morgan fingerprint density at radius 1 is 0.684 bits per heavy atom. The number of nitrogens with zero attached hydrogens (tertiary/aromatic N) is 2. The van der Waals surface area contributed by atoms with Crippen LogP contribution in [-0.4, -0.2) is 93.1 Å². The zero-order chi connectivity index (χ0) is 41.2. The van der Waals surface area contributed by atoms with E-state index in [1.54, 1.807) is 42.5 Å². The molecule has 0 radical (unpaired) electrons. The van der Waals surface area contributed by atoms with Gasteiger partial charge in [-0.2, -0.15) is 12.6 Å². The van der Waals surface area contributed by atoms with Crippen molar-refractivity contribution in [3.05, 3.63) is 114 Å². The maximum atomic E-state index is 14.1. The van der Waals surface area contributed by atoms with Crippen LogP contribution in [0, 0.1) is 0 Å². The first-order chi connectivity index (χ1) is 27.4. The van der Waals surface area contributed by atoms with E-state index < -0.39 is 59.8 Å². The monoisotopic (exact) mass is 798 g/mol. The van der Waals surface area contributed by atoms with Crippen LogP contribution in [-0.2, 0) is 43.2 Å². The summed E-state index contributed by atoms with van der Waals surface area (Å²) in [6, 6.07) is 20.1. The second-order valence-electron chi connectivity index (χ2n) is 13.4. The molecule has 0 aliphatic carbocycles. The summed E-state index contributed by atoms with van der Waals surface area (Å²) in [6.45, 7) is 0.272. The summed E-state index contributed by atoms with van der Waals surface area (Å²) in [7, 11) is 0. The molecule has 0 fully saturated rings. The van der Waals surface area contributed by atoms with Gasteiger partial charge in [0.05, 0.1) is 12.4 Å². The van der Waals surface area contributed by atoms with Crippen molar-refractivity contribution >= 4 is 48.2 Å². The number of rotatable bonds is 22. The number of hydrogen-bond acceptors (Lipinski definition) is 9. The van der Waals surface area contributed by atoms with Gasteiger partial charge in [0.2, 0.25) is 23.6 Å². The fourth-order valence-electron chi connectivity index (χ4n) is 5.90. The topological polar surface area (TPSA) is 273 Å². The SMILES string of the molecule is NC(N)=NCCCC[C@H](NC(=O)[C@@H](Cc1ccccc1)NC(=O)[C@H](Cc1cnc[nH]1)NC(=O)[C@@H](N)CS)C(=O)N[C@@H](Cc1ccc(-c2ccccc2)cc1)C(=O)O. The van der Waals surface area contributed by atoms with Crippen molar-refractivity contribution in [1.29, 1.82) is 0 Å². The van der Waals surface area contributed by atoms with Crippen LogP contribution in [0.15, 0.2) is 102 Å². The lowest BCUT2D eigenvalue weighted by Gasteiger charge is -2.26. The Hall–Kier alpha value is -6.20. The van der Waals surface area contributed by atoms with Crippen LogP contribution in [0.4, 0.5) is 0 Å². The first-order valence-corrected chi connectivity index (χ1v) is 19.1. The molecule has 1 aromatic heterocycles. The summed E-state index contributed by atoms with van der Waals surface area (Å²) in [5, 5.41) is 20.9. The average molecular weight is 799 g/mol. The van der Waals surface area contributed by atoms with Crippen molar-refractivity contribution in [2.75, 3.05) is 12.3 Å². The van der Waals surface area contributed by atoms with Crippen molar-refractivity contribution in [2.24, 2.45) is 22.2 Å². The Morgan fingerprint density at radius 2 is 1.21 bits per heavy atom. The van der Waals surface area contributed by atoms with E-state index in [0.717, 1.165) is 11.1 Å². The molecular weight excluding hydrogens is 749 g/mol. The summed E-state index contributed by atoms with van der Waals surface area (Å²) < 4.78 is 0. The quantitative estimate of drug-likeness (QED) is 0.0232. The second-order valence-corrected chi connectivity index (χ2v) is 13.8. The molecule has 4 aromatic rings. The molecule has 4 rings (SSSR count). The molecule has 12 N–H and O–H groups in total. The normalized spacial score (nSPS) is 13.5. The van der Waals surface area contributed by atoms with Gasteiger partial charge in [-0.25, -0.2) is 9.78 Å². The van der Waals surface area contributed by atoms with Gasteiger partial charge in [0, 0.05) is 43.5 Å². The van der Waals surface area contributed by atoms with Crippen molar-refractivity contribution in [3.63, 3.8) is 0 Å². The van der Waals surface area contributed by atoms with E-state index in [1.165, 1.54) is 12.5 Å². The lowest BCUT2D eigenvalue weighted by molar-refractivity contribution is -0.142. The number of hydrogen-bond donors (Lipinski definition) is 10. The number of amides is 4. The molecule has 0 unspecified atom stereocenters. The number of aromatic amines is 1. The highest BCUT2D eigenvalue weighted by molar-refractivity contribution is 7.80. The Morgan fingerprint density at radius 3 is 1.81 bits per heavy atom. The molecule has 302 valence electrons. The highest BCUT2D eigenvalue weighted by Gasteiger charge is 2.32. The molecule has 17 heteroatoms. The summed E-state index contributed by atoms with van der Waals surface area (Å²) in [5.41, 5.74) is 20.7. The van der Waals surface area contributed by atoms with Crippen LogP contribution < -0.4 is 38.5 Å². The summed E-state index contributed by atoms with van der Waals surface area (Å²) in [6.07, 6.45) is 3.87. The van der Waals surface area contributed by atoms with Gasteiger partial charge in [0.1, 0.15) is 24.2 Å². The number of carboxylic acid groups (broad SMARTS) is 1. The van der Waals surface area contributed by atoms with Crippen LogP contribution in [0.1, 0.15) is 36.1 Å². The largest absolute Gasteiger partial charge is 0.480 e. The number of aliphatic imine (C=N–C) groups is 1. The Balaban J connectivity index is 1.55. The second kappa shape index (κ2) is 22.4. The van der Waals surface area contributed by atoms with Gasteiger partial charge in [-0.1, -0.05) is 84.9 Å². The smallest absolute Gasteiger partial charge is 0.326 e. The molecule has 0 aliphatic heterocycles. The number of unbranched alkanes of at least 4 members (excludes halogenated alkanes) is 1. The lowest BCUT2D eigenvalue weighted by Crippen LogP contribution is -2.59. The zero-order valence-corrected chi connectivity index (χ0v) is 32.2. The number of carbonyl (C=O) groups excluding carboxylic acids is 4. The van der Waals surface area contributed by atoms with Crippen LogP contribution in [0.2, 0.25) is 0 Å². The number of aliphatic carboxylic acids is 1. The van der Waals surface area contributed by atoms with Gasteiger partial charge >= 0.3 is 5.97 Å². The zero-order valence-electron chi connectivity index (χ0n) is 31.3. The molecule has 5 atom stereocenters. The van der Waals surface area contributed by atoms with E-state index in [9.17, 15) is 29.1 Å². The molecule has 57 heavy (non-hydrogen) atoms. The Bertz CT molecular complexity index is 1930. The van der Waals surface area contributed by atoms with Crippen LogP contribution >= 0.6 is 12.6 Å². The molecular formula is C40H50N10O6S. The Labute approximate surface area is 336 Å². The fraction of sp³-hybridized carbons (Fsp3) is 0.325. The number of nitrogens with two attached hydrogens (primary N) is 3. The number of aromatic nitrogens is 2. The summed E-state index contributed by atoms with van der Waals surface area (Å²) >= 11 is 4.08. The highest BCUT2D eigenvalue weighted by atomic mass is 32.1. The molecule has 0 bridgehead atoms. The van der Waals surface area contributed by atoms with E-state index in [0.29, 0.717) is 29.7 Å². The molecule has 0 aliphatic rings. The third-order valence-electron chi connectivity index (χ3n) is 9.00. The number of benzene rings is 3. The third-order valence-corrected chi connectivity index (χ3v) is 9.40. The maximum Gasteiger partial charge on any atom is 0.326 e. The van der Waals surface area contributed by atoms with Crippen molar-refractivity contribution in [1.82, 2.24) is 31.2 Å². The van der Waals surface area contributed by atoms with Gasteiger partial charge in [-0.05, 0) is 41.5 Å². The van der Waals surface area contributed by atoms with E-state index in [1.807, 2.05) is 42.5 Å². The number of carbonyl (C=O) groups is 5. The number of H-pyrrole nitrogens is 1. The number of guanidine groups is 1. The summed E-state index contributed by atoms with van der Waals surface area (Å²) in [5.74, 6) is -4.07. The van der Waals surface area contributed by atoms with Crippen LogP contribution in [0.25, 0.3) is 11.1 Å². The molecule has 16 nitrogen and oxygen atoms in total. The average Bonchev–Trinajstić information content (AvgIpc) is 3.73. The predicted molar refractivity (Wildman–Crippen MR) is 220 cm³/mol. The Kier molecular flexibility index (Phi) is 17.1. The number of carboxylic acids is 1. The molecule has 0 saturated carbocycles. The standard InChI is InChI=1S/C40H50N10O6S/c41-30(23-57)35(51)48-33(21-29-22-44-24-46-29)38(54)49-32(19-25-9-3-1-4-10-25)37(53)47-31(13-7-8-18-45-40(42)43)36(52)50-34(39(55)56)20-26-14-16-28(17-15-26)27-11-5-2-6-12-27/h1-6,9-12,14-17,22,24,30-34,57H,7-8,13,18-21,23,41H2,(H,44,46)(H,47,53)(H,48,51)(H,49,54)(H,50,52)(H,55,56)(H4,42,43,45)/t30-,31-,32+,33-,34-/m0/s1. The number of nitrogens with one attached hydrogen (secondary N) is 5. The molecule has 0 saturated heterocycles. The first-order valence-electron chi connectivity index (χ1n) is 18.4. The third kappa shape index (κ3) is 14.4. The highest BCUT2D eigenvalue weighted by Crippen LogP contribution is 2.20. The lowest BCUT2D eigenvalue weighted by atomic mass is 10.00. The van der Waals surface area contributed by atoms with Gasteiger partial charge in [0.25, 0.3) is 0 Å². The van der Waals surface area contributed by atoms with Gasteiger partial charge in [-0.3, -0.25) is 24.2 Å². The minimum Gasteiger partial charge on any atom is -0.480 e. The molecule has 4 amide bonds. The van der Waals surface area contributed by atoms with E-state index in [-0.39, 0.29) is 43.9 Å². The van der Waals surface area contributed by atoms with E-state index >= 15 is 0 Å². The number of thiol groups is 1. The van der Waals surface area contributed by atoms with Gasteiger partial charge in [-0.15, -0.1) is 0 Å². The number of imidazole rings is 1. The van der Waals surface area contributed by atoms with Crippen molar-refractivity contribution in [2.45, 2.75) is 68.7 Å². The van der Waals surface area contributed by atoms with Crippen LogP contribution in [0.3, 0.4) is 0 Å². The van der Waals surface area contributed by atoms with Crippen molar-refractivity contribution < 1.29 is 29.1 Å². The van der Waals surface area contributed by atoms with Gasteiger partial charge < -0.3 is 48.6 Å². The fourth-order valence-corrected chi connectivity index (χ4v) is 6.07. The maximum absolute atomic E-state index is 14.1. The van der Waals surface area contributed by atoms with E-state index in [4.69, 9.17) is 17.2 Å². The predicted octanol–water partition coefficient (Wildman–Crippen LogP) is 0.829. The molecule has 3 aromatic carbocycles. The van der Waals surface area contributed by atoms with Crippen molar-refractivity contribution in [3.8, 4) is 11.1 Å². The summed E-state index contributed by atoms with van der Waals surface area (Å²) in [4.78, 5) is 78.0. The minimum absolute atomic E-state index is 0.00290. The van der Waals surface area contributed by atoms with Crippen LogP contribution in [0.5, 0.6) is 0 Å². The van der Waals surface area contributed by atoms with E-state index in [2.05, 4.69) is 48.9 Å².